The second-order valence-corrected chi connectivity index (χ2v) is 5.81. The molecule has 2 N–H and O–H groups in total. The summed E-state index contributed by atoms with van der Waals surface area (Å²) < 4.78 is 0. The monoisotopic (exact) mass is 283 g/mol. The number of nitrogens with zero attached hydrogens (tertiary/aromatic N) is 2. The van der Waals surface area contributed by atoms with Crippen molar-refractivity contribution in [2.24, 2.45) is 0 Å². The van der Waals surface area contributed by atoms with Crippen LogP contribution in [0, 0.1) is 13.8 Å². The molecule has 3 rings (SSSR count). The minimum atomic E-state index is -0.330. The number of pyridine rings is 2. The van der Waals surface area contributed by atoms with Crippen LogP contribution in [0.4, 0.5) is 0 Å². The zero-order valence-corrected chi connectivity index (χ0v) is 12.5. The highest BCUT2D eigenvalue weighted by Gasteiger charge is 2.31. The van der Waals surface area contributed by atoms with E-state index in [4.69, 9.17) is 0 Å². The summed E-state index contributed by atoms with van der Waals surface area (Å²) in [6.45, 7) is 4.12. The topological polar surface area (TPSA) is 58.0 Å². The van der Waals surface area contributed by atoms with E-state index in [1.165, 1.54) is 0 Å². The summed E-state index contributed by atoms with van der Waals surface area (Å²) >= 11 is 0. The molecule has 21 heavy (non-hydrogen) atoms. The van der Waals surface area contributed by atoms with Crippen LogP contribution >= 0.6 is 0 Å². The minimum absolute atomic E-state index is 0.0707. The average Bonchev–Trinajstić information content (AvgIpc) is 2.47. The second kappa shape index (κ2) is 5.92. The number of aromatic nitrogens is 2. The van der Waals surface area contributed by atoms with E-state index in [0.29, 0.717) is 12.8 Å². The predicted octanol–water partition coefficient (Wildman–Crippen LogP) is 2.62. The molecule has 0 amide bonds. The fourth-order valence-corrected chi connectivity index (χ4v) is 3.13. The summed E-state index contributed by atoms with van der Waals surface area (Å²) in [7, 11) is 0. The third kappa shape index (κ3) is 2.96. The van der Waals surface area contributed by atoms with E-state index in [1.807, 2.05) is 24.5 Å². The lowest BCUT2D eigenvalue weighted by Crippen LogP contribution is -2.38. The van der Waals surface area contributed by atoms with Gasteiger partial charge in [0.1, 0.15) is 0 Å². The maximum absolute atomic E-state index is 10.3. The molecule has 4 nitrogen and oxygen atoms in total. The van der Waals surface area contributed by atoms with Crippen LogP contribution in [0.25, 0.3) is 0 Å². The van der Waals surface area contributed by atoms with Gasteiger partial charge >= 0.3 is 0 Å². The number of aliphatic hydroxyl groups excluding tert-OH is 1. The normalized spacial score (nSPS) is 25.8. The van der Waals surface area contributed by atoms with Gasteiger partial charge in [-0.2, -0.15) is 0 Å². The zero-order valence-electron chi connectivity index (χ0n) is 12.5. The molecule has 1 fully saturated rings. The Morgan fingerprint density at radius 2 is 1.43 bits per heavy atom. The first-order valence-corrected chi connectivity index (χ1v) is 7.42. The molecule has 0 saturated carbocycles. The molecule has 0 radical (unpaired) electrons. The lowest BCUT2D eigenvalue weighted by Gasteiger charge is -2.34. The summed E-state index contributed by atoms with van der Waals surface area (Å²) in [6.07, 6.45) is 4.68. The summed E-state index contributed by atoms with van der Waals surface area (Å²) in [5, 5.41) is 13.9. The van der Waals surface area contributed by atoms with Gasteiger partial charge in [-0.25, -0.2) is 0 Å². The van der Waals surface area contributed by atoms with E-state index in [9.17, 15) is 5.11 Å². The number of rotatable bonds is 2. The highest BCUT2D eigenvalue weighted by molar-refractivity contribution is 5.25. The van der Waals surface area contributed by atoms with E-state index in [-0.39, 0.29) is 18.2 Å². The van der Waals surface area contributed by atoms with Crippen molar-refractivity contribution in [2.75, 3.05) is 0 Å². The van der Waals surface area contributed by atoms with Crippen LogP contribution in [0.2, 0.25) is 0 Å². The summed E-state index contributed by atoms with van der Waals surface area (Å²) in [6, 6.07) is 8.15. The van der Waals surface area contributed by atoms with Crippen LogP contribution in [0.1, 0.15) is 47.4 Å². The maximum atomic E-state index is 10.3. The van der Waals surface area contributed by atoms with Crippen molar-refractivity contribution in [3.05, 3.63) is 59.2 Å². The number of nitrogens with one attached hydrogen (secondary N) is 1. The van der Waals surface area contributed by atoms with Crippen molar-refractivity contribution in [3.8, 4) is 0 Å². The van der Waals surface area contributed by atoms with Crippen LogP contribution in [0.15, 0.2) is 36.7 Å². The number of aliphatic hydroxyl groups is 1. The zero-order chi connectivity index (χ0) is 14.8. The minimum Gasteiger partial charge on any atom is -0.393 e. The molecule has 1 saturated heterocycles. The van der Waals surface area contributed by atoms with Crippen molar-refractivity contribution < 1.29 is 5.11 Å². The standard InChI is InChI=1S/C17H21N3O/c1-11-5-3-7-18-16(11)14-9-13(21)10-15(20-14)17-12(2)6-4-8-19-17/h3-8,13-15,20-21H,9-10H2,1-2H3/t13?,14-,15+. The Bertz CT molecular complexity index is 575. The van der Waals surface area contributed by atoms with Gasteiger partial charge in [0, 0.05) is 12.4 Å². The molecule has 1 unspecified atom stereocenters. The molecule has 1 aliphatic heterocycles. The van der Waals surface area contributed by atoms with Crippen LogP contribution < -0.4 is 5.32 Å². The molecule has 2 aromatic heterocycles. The third-order valence-corrected chi connectivity index (χ3v) is 4.18. The molecule has 0 spiro atoms. The van der Waals surface area contributed by atoms with Gasteiger partial charge in [-0.3, -0.25) is 9.97 Å². The van der Waals surface area contributed by atoms with Crippen LogP contribution in [-0.2, 0) is 0 Å². The van der Waals surface area contributed by atoms with E-state index >= 15 is 0 Å². The number of hydrogen-bond donors (Lipinski definition) is 2. The Kier molecular flexibility index (Phi) is 3.99. The fourth-order valence-electron chi connectivity index (χ4n) is 3.13. The van der Waals surface area contributed by atoms with Crippen molar-refractivity contribution >= 4 is 0 Å². The lowest BCUT2D eigenvalue weighted by molar-refractivity contribution is 0.0910. The fraction of sp³-hybridized carbons (Fsp3) is 0.412. The first-order valence-electron chi connectivity index (χ1n) is 7.42. The Hall–Kier alpha value is -1.78. The van der Waals surface area contributed by atoms with Gasteiger partial charge in [0.05, 0.1) is 29.6 Å². The first kappa shape index (κ1) is 14.2. The van der Waals surface area contributed by atoms with Gasteiger partial charge in [0.2, 0.25) is 0 Å². The molecule has 0 aromatic carbocycles. The van der Waals surface area contributed by atoms with Crippen molar-refractivity contribution in [1.82, 2.24) is 15.3 Å². The van der Waals surface area contributed by atoms with Gasteiger partial charge < -0.3 is 10.4 Å². The quantitative estimate of drug-likeness (QED) is 0.889. The molecule has 110 valence electrons. The number of aryl methyl sites for hydroxylation is 2. The summed E-state index contributed by atoms with van der Waals surface area (Å²) in [4.78, 5) is 8.99. The van der Waals surface area contributed by atoms with Crippen molar-refractivity contribution in [3.63, 3.8) is 0 Å². The molecule has 3 atom stereocenters. The van der Waals surface area contributed by atoms with Gasteiger partial charge in [-0.1, -0.05) is 12.1 Å². The van der Waals surface area contributed by atoms with Gasteiger partial charge in [0.15, 0.2) is 0 Å². The molecule has 0 bridgehead atoms. The highest BCUT2D eigenvalue weighted by atomic mass is 16.3. The Morgan fingerprint density at radius 1 is 0.952 bits per heavy atom. The predicted molar refractivity (Wildman–Crippen MR) is 81.8 cm³/mol. The smallest absolute Gasteiger partial charge is 0.0603 e. The van der Waals surface area contributed by atoms with E-state index in [2.05, 4.69) is 41.3 Å². The van der Waals surface area contributed by atoms with Gasteiger partial charge in [-0.15, -0.1) is 0 Å². The molecule has 1 aliphatic rings. The van der Waals surface area contributed by atoms with Crippen LogP contribution in [0.5, 0.6) is 0 Å². The average molecular weight is 283 g/mol. The van der Waals surface area contributed by atoms with Crippen LogP contribution in [-0.4, -0.2) is 21.2 Å². The van der Waals surface area contributed by atoms with E-state index in [0.717, 1.165) is 22.5 Å². The Labute approximate surface area is 125 Å². The van der Waals surface area contributed by atoms with E-state index in [1.54, 1.807) is 0 Å². The SMILES string of the molecule is Cc1cccnc1[C@@H]1CC(O)C[C@H](c2ncccc2C)N1. The first-order chi connectivity index (χ1) is 10.1. The number of piperidine rings is 1. The molecule has 2 aromatic rings. The summed E-state index contributed by atoms with van der Waals surface area (Å²) in [5.74, 6) is 0. The van der Waals surface area contributed by atoms with Crippen molar-refractivity contribution in [2.45, 2.75) is 44.9 Å². The summed E-state index contributed by atoms with van der Waals surface area (Å²) in [5.41, 5.74) is 4.35. The molecule has 0 aliphatic carbocycles. The van der Waals surface area contributed by atoms with Crippen molar-refractivity contribution in [1.29, 1.82) is 0 Å². The Morgan fingerprint density at radius 3 is 1.86 bits per heavy atom. The largest absolute Gasteiger partial charge is 0.393 e. The third-order valence-electron chi connectivity index (χ3n) is 4.18. The maximum Gasteiger partial charge on any atom is 0.0603 e. The molecular weight excluding hydrogens is 262 g/mol. The van der Waals surface area contributed by atoms with Gasteiger partial charge in [-0.05, 0) is 49.9 Å². The lowest BCUT2D eigenvalue weighted by atomic mass is 9.89. The Balaban J connectivity index is 1.89. The van der Waals surface area contributed by atoms with E-state index < -0.39 is 0 Å². The molecular formula is C17H21N3O. The second-order valence-electron chi connectivity index (χ2n) is 5.81. The molecule has 3 heterocycles. The van der Waals surface area contributed by atoms with Gasteiger partial charge in [0.25, 0.3) is 0 Å². The molecule has 4 heteroatoms. The highest BCUT2D eigenvalue weighted by Crippen LogP contribution is 2.33. The number of hydrogen-bond acceptors (Lipinski definition) is 4. The van der Waals surface area contributed by atoms with Crippen LogP contribution in [0.3, 0.4) is 0 Å².